The highest BCUT2D eigenvalue weighted by Crippen LogP contribution is 2.34. The first-order chi connectivity index (χ1) is 20.4. The Hall–Kier alpha value is -4.46. The Bertz CT molecular complexity index is 1510. The molecule has 0 aromatic heterocycles. The summed E-state index contributed by atoms with van der Waals surface area (Å²) in [5.41, 5.74) is 7.69. The lowest BCUT2D eigenvalue weighted by Gasteiger charge is -2.23. The number of methoxy groups -OCH3 is 1. The molecule has 218 valence electrons. The first-order valence-electron chi connectivity index (χ1n) is 14.0. The number of rotatable bonds is 9. The summed E-state index contributed by atoms with van der Waals surface area (Å²) in [6.07, 6.45) is 0. The van der Waals surface area contributed by atoms with Gasteiger partial charge in [0.15, 0.2) is 6.79 Å². The number of carbonyl (C=O) groups excluding carboxylic acids is 2. The molecule has 0 atom stereocenters. The van der Waals surface area contributed by atoms with E-state index in [0.717, 1.165) is 38.9 Å². The predicted octanol–water partition coefficient (Wildman–Crippen LogP) is 6.64. The molecule has 7 heteroatoms. The van der Waals surface area contributed by atoms with Crippen LogP contribution in [0.15, 0.2) is 84.9 Å². The van der Waals surface area contributed by atoms with Crippen LogP contribution in [-0.2, 0) is 22.7 Å². The number of carbonyl (C=O) groups is 2. The van der Waals surface area contributed by atoms with Crippen LogP contribution in [0.5, 0.6) is 5.75 Å². The van der Waals surface area contributed by atoms with Crippen molar-refractivity contribution in [3.05, 3.63) is 113 Å². The lowest BCUT2D eigenvalue weighted by atomic mass is 9.94. The van der Waals surface area contributed by atoms with E-state index in [1.54, 1.807) is 11.0 Å². The van der Waals surface area contributed by atoms with Crippen molar-refractivity contribution in [2.75, 3.05) is 27.0 Å². The van der Waals surface area contributed by atoms with Crippen molar-refractivity contribution in [2.24, 2.45) is 0 Å². The molecule has 1 aliphatic rings. The Balaban J connectivity index is 0.000000206. The molecule has 0 spiro atoms. The third-order valence-corrected chi connectivity index (χ3v) is 7.27. The average molecular weight is 568 g/mol. The van der Waals surface area contributed by atoms with Crippen LogP contribution >= 0.6 is 0 Å². The zero-order chi connectivity index (χ0) is 30.1. The van der Waals surface area contributed by atoms with Crippen LogP contribution in [0.3, 0.4) is 0 Å². The molecule has 1 aliphatic heterocycles. The summed E-state index contributed by atoms with van der Waals surface area (Å²) in [5, 5.41) is 10.0. The van der Waals surface area contributed by atoms with E-state index in [9.17, 15) is 14.7 Å². The van der Waals surface area contributed by atoms with Crippen molar-refractivity contribution >= 4 is 11.9 Å². The van der Waals surface area contributed by atoms with E-state index >= 15 is 0 Å². The zero-order valence-corrected chi connectivity index (χ0v) is 24.6. The molecule has 1 heterocycles. The molecule has 0 fully saturated rings. The van der Waals surface area contributed by atoms with Crippen molar-refractivity contribution in [2.45, 2.75) is 34.0 Å². The predicted molar refractivity (Wildman–Crippen MR) is 163 cm³/mol. The van der Waals surface area contributed by atoms with Crippen LogP contribution in [-0.4, -0.2) is 48.9 Å². The number of esters is 1. The highest BCUT2D eigenvalue weighted by molar-refractivity contribution is 6.00. The lowest BCUT2D eigenvalue weighted by molar-refractivity contribution is 0.0489. The van der Waals surface area contributed by atoms with Gasteiger partial charge >= 0.3 is 5.97 Å². The van der Waals surface area contributed by atoms with Gasteiger partial charge in [0.05, 0.1) is 17.7 Å². The summed E-state index contributed by atoms with van der Waals surface area (Å²) >= 11 is 0. The van der Waals surface area contributed by atoms with Gasteiger partial charge in [0, 0.05) is 31.3 Å². The number of cyclic esters (lactones) is 1. The molecular formula is C35H37NO6. The molecule has 0 saturated carbocycles. The fraction of sp³-hybridized carbons (Fsp3) is 0.257. The number of hydrogen-bond acceptors (Lipinski definition) is 6. The van der Waals surface area contributed by atoms with Crippen LogP contribution < -0.4 is 4.74 Å². The number of hydrogen-bond donors (Lipinski definition) is 1. The van der Waals surface area contributed by atoms with Gasteiger partial charge in [-0.2, -0.15) is 0 Å². The monoisotopic (exact) mass is 567 g/mol. The van der Waals surface area contributed by atoms with Crippen LogP contribution in [0.2, 0.25) is 0 Å². The highest BCUT2D eigenvalue weighted by atomic mass is 16.7. The number of amides is 1. The van der Waals surface area contributed by atoms with Crippen LogP contribution in [0.25, 0.3) is 22.3 Å². The summed E-state index contributed by atoms with van der Waals surface area (Å²) in [7, 11) is 1.52. The van der Waals surface area contributed by atoms with Crippen molar-refractivity contribution in [1.82, 2.24) is 4.90 Å². The maximum atomic E-state index is 13.0. The smallest absolute Gasteiger partial charge is 0.339 e. The third-order valence-electron chi connectivity index (χ3n) is 7.27. The van der Waals surface area contributed by atoms with E-state index in [4.69, 9.17) is 14.2 Å². The number of aliphatic hydroxyl groups is 1. The van der Waals surface area contributed by atoms with Gasteiger partial charge in [-0.25, -0.2) is 4.79 Å². The van der Waals surface area contributed by atoms with Crippen LogP contribution in [0.1, 0.15) is 51.3 Å². The number of aliphatic hydroxyl groups excluding tert-OH is 1. The quantitative estimate of drug-likeness (QED) is 0.180. The summed E-state index contributed by atoms with van der Waals surface area (Å²) in [5.74, 6) is 0.0655. The fourth-order valence-corrected chi connectivity index (χ4v) is 5.12. The zero-order valence-electron chi connectivity index (χ0n) is 24.6. The molecular weight excluding hydrogens is 530 g/mol. The minimum atomic E-state index is -0.253. The van der Waals surface area contributed by atoms with Crippen molar-refractivity contribution < 1.29 is 28.9 Å². The summed E-state index contributed by atoms with van der Waals surface area (Å²) in [4.78, 5) is 26.4. The molecule has 0 aliphatic carbocycles. The Labute approximate surface area is 247 Å². The van der Waals surface area contributed by atoms with Crippen LogP contribution in [0.4, 0.5) is 0 Å². The average Bonchev–Trinajstić information content (AvgIpc) is 3.43. The molecule has 42 heavy (non-hydrogen) atoms. The van der Waals surface area contributed by atoms with Gasteiger partial charge in [0.2, 0.25) is 0 Å². The normalized spacial score (nSPS) is 11.7. The Kier molecular flexibility index (Phi) is 10.5. The van der Waals surface area contributed by atoms with Crippen molar-refractivity contribution in [3.63, 3.8) is 0 Å². The Morgan fingerprint density at radius 3 is 2.05 bits per heavy atom. The molecule has 1 N–H and O–H groups in total. The Morgan fingerprint density at radius 2 is 1.48 bits per heavy atom. The molecule has 4 aromatic rings. The third kappa shape index (κ3) is 6.54. The van der Waals surface area contributed by atoms with Crippen molar-refractivity contribution in [3.8, 4) is 28.0 Å². The van der Waals surface area contributed by atoms with Crippen molar-refractivity contribution in [1.29, 1.82) is 0 Å². The number of nitrogens with zero attached hydrogens (tertiary/aromatic N) is 1. The largest absolute Gasteiger partial charge is 0.467 e. The SMILES string of the molecule is CCN(CC)C(=O)c1c(OCOC)ccc(-c2ccccc2)c1CO.Cc1ccc(-c2ccccc2)c2c1C(=O)OC2. The summed E-state index contributed by atoms with van der Waals surface area (Å²) in [6, 6.07) is 27.4. The maximum absolute atomic E-state index is 13.0. The van der Waals surface area contributed by atoms with E-state index in [1.165, 1.54) is 7.11 Å². The van der Waals surface area contributed by atoms with Gasteiger partial charge in [0.1, 0.15) is 12.4 Å². The van der Waals surface area contributed by atoms with E-state index in [0.29, 0.717) is 36.6 Å². The standard InChI is InChI=1S/C20H25NO4.C15H12O2/c1-4-21(5-2)20(23)19-17(13-22)16(15-9-7-6-8-10-15)11-12-18(19)25-14-24-3;1-10-7-8-12(11-5-3-2-4-6-11)13-9-17-15(16)14(10)13/h6-12,22H,4-5,13-14H2,1-3H3;2-8H,9H2,1H3. The summed E-state index contributed by atoms with van der Waals surface area (Å²) in [6.45, 7) is 7.14. The van der Waals surface area contributed by atoms with E-state index in [-0.39, 0.29) is 25.3 Å². The molecule has 5 rings (SSSR count). The van der Waals surface area contributed by atoms with Gasteiger partial charge in [0.25, 0.3) is 5.91 Å². The molecule has 7 nitrogen and oxygen atoms in total. The first-order valence-corrected chi connectivity index (χ1v) is 14.0. The number of ether oxygens (including phenoxy) is 3. The number of fused-ring (bicyclic) bond motifs is 1. The van der Waals surface area contributed by atoms with E-state index < -0.39 is 0 Å². The second kappa shape index (κ2) is 14.4. The number of benzene rings is 4. The maximum Gasteiger partial charge on any atom is 0.339 e. The second-order valence-electron chi connectivity index (χ2n) is 9.74. The molecule has 0 saturated heterocycles. The van der Waals surface area contributed by atoms with Gasteiger partial charge < -0.3 is 24.2 Å². The molecule has 4 aromatic carbocycles. The minimum absolute atomic E-state index is 0.0358. The van der Waals surface area contributed by atoms with Gasteiger partial charge in [-0.1, -0.05) is 78.9 Å². The fourth-order valence-electron chi connectivity index (χ4n) is 5.12. The molecule has 1 amide bonds. The number of aryl methyl sites for hydroxylation is 1. The lowest BCUT2D eigenvalue weighted by Crippen LogP contribution is -2.32. The molecule has 0 radical (unpaired) electrons. The van der Waals surface area contributed by atoms with E-state index in [1.807, 2.05) is 93.6 Å². The molecule has 0 bridgehead atoms. The van der Waals surface area contributed by atoms with Gasteiger partial charge in [-0.3, -0.25) is 4.79 Å². The molecule has 0 unspecified atom stereocenters. The minimum Gasteiger partial charge on any atom is -0.467 e. The second-order valence-corrected chi connectivity index (χ2v) is 9.74. The van der Waals surface area contributed by atoms with Gasteiger partial charge in [-0.15, -0.1) is 0 Å². The summed E-state index contributed by atoms with van der Waals surface area (Å²) < 4.78 is 15.7. The topological polar surface area (TPSA) is 85.3 Å². The van der Waals surface area contributed by atoms with Gasteiger partial charge in [-0.05, 0) is 54.7 Å². The highest BCUT2D eigenvalue weighted by Gasteiger charge is 2.26. The Morgan fingerprint density at radius 1 is 0.881 bits per heavy atom. The van der Waals surface area contributed by atoms with Crippen LogP contribution in [0, 0.1) is 6.92 Å². The first kappa shape index (κ1) is 30.5. The van der Waals surface area contributed by atoms with E-state index in [2.05, 4.69) is 6.07 Å².